The number of aromatic nitrogens is 1. The SMILES string of the molecule is Cn1ccc2cc(C3(C)CO3)ccc21. The molecular formula is C12H13NO. The van der Waals surface area contributed by atoms with Crippen LogP contribution < -0.4 is 0 Å². The van der Waals surface area contributed by atoms with Crippen LogP contribution in [0.15, 0.2) is 30.5 Å². The van der Waals surface area contributed by atoms with Crippen LogP contribution in [0.1, 0.15) is 12.5 Å². The predicted octanol–water partition coefficient (Wildman–Crippen LogP) is 2.42. The van der Waals surface area contributed by atoms with E-state index in [9.17, 15) is 0 Å². The molecule has 2 heteroatoms. The van der Waals surface area contributed by atoms with Gasteiger partial charge in [0.2, 0.25) is 0 Å². The van der Waals surface area contributed by atoms with Gasteiger partial charge in [-0.15, -0.1) is 0 Å². The molecule has 1 unspecified atom stereocenters. The molecule has 3 rings (SSSR count). The summed E-state index contributed by atoms with van der Waals surface area (Å²) in [5, 5.41) is 1.29. The molecule has 1 aromatic carbocycles. The third-order valence-corrected chi connectivity index (χ3v) is 3.07. The molecule has 2 aromatic rings. The summed E-state index contributed by atoms with van der Waals surface area (Å²) in [4.78, 5) is 0. The van der Waals surface area contributed by atoms with Crippen LogP contribution in [-0.2, 0) is 17.4 Å². The van der Waals surface area contributed by atoms with Crippen LogP contribution in [0.2, 0.25) is 0 Å². The van der Waals surface area contributed by atoms with Crippen LogP contribution in [0.4, 0.5) is 0 Å². The van der Waals surface area contributed by atoms with E-state index in [0.29, 0.717) is 0 Å². The Morgan fingerprint density at radius 3 is 2.86 bits per heavy atom. The number of aryl methyl sites for hydroxylation is 1. The topological polar surface area (TPSA) is 17.5 Å². The summed E-state index contributed by atoms with van der Waals surface area (Å²) in [5.74, 6) is 0. The zero-order valence-electron chi connectivity index (χ0n) is 8.45. The number of hydrogen-bond acceptors (Lipinski definition) is 1. The van der Waals surface area contributed by atoms with Gasteiger partial charge >= 0.3 is 0 Å². The van der Waals surface area contributed by atoms with E-state index in [-0.39, 0.29) is 5.60 Å². The fourth-order valence-corrected chi connectivity index (χ4v) is 1.89. The maximum Gasteiger partial charge on any atom is 0.114 e. The first-order valence-electron chi connectivity index (χ1n) is 4.89. The van der Waals surface area contributed by atoms with Gasteiger partial charge in [0.1, 0.15) is 5.60 Å². The molecular weight excluding hydrogens is 174 g/mol. The second-order valence-electron chi connectivity index (χ2n) is 4.22. The molecule has 0 spiro atoms. The monoisotopic (exact) mass is 187 g/mol. The first-order valence-corrected chi connectivity index (χ1v) is 4.89. The molecule has 1 aromatic heterocycles. The molecule has 1 aliphatic rings. The molecule has 1 fully saturated rings. The summed E-state index contributed by atoms with van der Waals surface area (Å²) in [6, 6.07) is 8.69. The van der Waals surface area contributed by atoms with Crippen LogP contribution in [-0.4, -0.2) is 11.2 Å². The van der Waals surface area contributed by atoms with Crippen molar-refractivity contribution in [2.75, 3.05) is 6.61 Å². The second-order valence-corrected chi connectivity index (χ2v) is 4.22. The number of hydrogen-bond donors (Lipinski definition) is 0. The van der Waals surface area contributed by atoms with Gasteiger partial charge in [-0.25, -0.2) is 0 Å². The van der Waals surface area contributed by atoms with Gasteiger partial charge in [-0.3, -0.25) is 0 Å². The first-order chi connectivity index (χ1) is 6.69. The maximum atomic E-state index is 5.43. The van der Waals surface area contributed by atoms with E-state index < -0.39 is 0 Å². The number of benzene rings is 1. The highest BCUT2D eigenvalue weighted by atomic mass is 16.6. The number of nitrogens with zero attached hydrogens (tertiary/aromatic N) is 1. The predicted molar refractivity (Wildman–Crippen MR) is 56.2 cm³/mol. The fourth-order valence-electron chi connectivity index (χ4n) is 1.89. The van der Waals surface area contributed by atoms with E-state index in [1.807, 2.05) is 0 Å². The smallest absolute Gasteiger partial charge is 0.114 e. The van der Waals surface area contributed by atoms with Gasteiger partial charge in [-0.2, -0.15) is 0 Å². The van der Waals surface area contributed by atoms with Gasteiger partial charge < -0.3 is 9.30 Å². The minimum absolute atomic E-state index is 0.00989. The van der Waals surface area contributed by atoms with Crippen LogP contribution in [0.5, 0.6) is 0 Å². The molecule has 72 valence electrons. The Morgan fingerprint density at radius 1 is 1.36 bits per heavy atom. The summed E-state index contributed by atoms with van der Waals surface area (Å²) in [7, 11) is 2.07. The molecule has 0 radical (unpaired) electrons. The van der Waals surface area contributed by atoms with Gasteiger partial charge in [-0.05, 0) is 36.1 Å². The van der Waals surface area contributed by atoms with Crippen molar-refractivity contribution in [3.8, 4) is 0 Å². The van der Waals surface area contributed by atoms with E-state index in [2.05, 4.69) is 49.0 Å². The summed E-state index contributed by atoms with van der Waals surface area (Å²) in [6.45, 7) is 2.99. The third-order valence-electron chi connectivity index (χ3n) is 3.07. The van der Waals surface area contributed by atoms with Gasteiger partial charge in [0.25, 0.3) is 0 Å². The van der Waals surface area contributed by atoms with E-state index in [1.165, 1.54) is 16.5 Å². The van der Waals surface area contributed by atoms with Crippen molar-refractivity contribution >= 4 is 10.9 Å². The largest absolute Gasteiger partial charge is 0.365 e. The van der Waals surface area contributed by atoms with Crippen molar-refractivity contribution in [2.24, 2.45) is 7.05 Å². The average Bonchev–Trinajstić information content (AvgIpc) is 2.84. The molecule has 2 heterocycles. The molecule has 0 saturated carbocycles. The Morgan fingerprint density at radius 2 is 2.14 bits per heavy atom. The maximum absolute atomic E-state index is 5.43. The number of epoxide rings is 1. The van der Waals surface area contributed by atoms with E-state index in [1.54, 1.807) is 0 Å². The molecule has 0 amide bonds. The van der Waals surface area contributed by atoms with Crippen LogP contribution in [0.25, 0.3) is 10.9 Å². The second kappa shape index (κ2) is 2.39. The summed E-state index contributed by atoms with van der Waals surface area (Å²) >= 11 is 0. The molecule has 1 aliphatic heterocycles. The Balaban J connectivity index is 2.21. The number of rotatable bonds is 1. The summed E-state index contributed by atoms with van der Waals surface area (Å²) in [5.41, 5.74) is 2.55. The first kappa shape index (κ1) is 8.06. The van der Waals surface area contributed by atoms with Crippen molar-refractivity contribution in [1.29, 1.82) is 0 Å². The summed E-state index contributed by atoms with van der Waals surface area (Å²) < 4.78 is 7.57. The van der Waals surface area contributed by atoms with Crippen molar-refractivity contribution in [2.45, 2.75) is 12.5 Å². The van der Waals surface area contributed by atoms with E-state index >= 15 is 0 Å². The van der Waals surface area contributed by atoms with Crippen molar-refractivity contribution in [3.63, 3.8) is 0 Å². The highest BCUT2D eigenvalue weighted by Crippen LogP contribution is 2.38. The highest BCUT2D eigenvalue weighted by Gasteiger charge is 2.41. The van der Waals surface area contributed by atoms with Gasteiger partial charge in [0.15, 0.2) is 0 Å². The average molecular weight is 187 g/mol. The van der Waals surface area contributed by atoms with E-state index in [0.717, 1.165) is 6.61 Å². The highest BCUT2D eigenvalue weighted by molar-refractivity contribution is 5.81. The Bertz CT molecular complexity index is 494. The zero-order valence-corrected chi connectivity index (χ0v) is 8.45. The number of ether oxygens (including phenoxy) is 1. The third kappa shape index (κ3) is 1.01. The molecule has 0 aliphatic carbocycles. The van der Waals surface area contributed by atoms with Crippen LogP contribution in [0.3, 0.4) is 0 Å². The summed E-state index contributed by atoms with van der Waals surface area (Å²) in [6.07, 6.45) is 2.09. The van der Waals surface area contributed by atoms with Gasteiger partial charge in [0.05, 0.1) is 6.61 Å². The quantitative estimate of drug-likeness (QED) is 0.627. The number of fused-ring (bicyclic) bond motifs is 1. The Hall–Kier alpha value is -1.28. The van der Waals surface area contributed by atoms with Crippen LogP contribution >= 0.6 is 0 Å². The Labute approximate surface area is 83.1 Å². The lowest BCUT2D eigenvalue weighted by Gasteiger charge is -2.05. The fraction of sp³-hybridized carbons (Fsp3) is 0.333. The molecule has 0 N–H and O–H groups in total. The minimum atomic E-state index is -0.00989. The van der Waals surface area contributed by atoms with Crippen LogP contribution in [0, 0.1) is 0 Å². The molecule has 2 nitrogen and oxygen atoms in total. The van der Waals surface area contributed by atoms with Crippen molar-refractivity contribution in [1.82, 2.24) is 4.57 Å². The molecule has 0 bridgehead atoms. The zero-order chi connectivity index (χ0) is 9.76. The van der Waals surface area contributed by atoms with Gasteiger partial charge in [0, 0.05) is 18.8 Å². The lowest BCUT2D eigenvalue weighted by atomic mass is 10.0. The minimum Gasteiger partial charge on any atom is -0.365 e. The molecule has 14 heavy (non-hydrogen) atoms. The van der Waals surface area contributed by atoms with Crippen molar-refractivity contribution in [3.05, 3.63) is 36.0 Å². The van der Waals surface area contributed by atoms with E-state index in [4.69, 9.17) is 4.74 Å². The Kier molecular flexibility index (Phi) is 1.38. The lowest BCUT2D eigenvalue weighted by molar-refractivity contribution is 0.330. The van der Waals surface area contributed by atoms with Gasteiger partial charge in [-0.1, -0.05) is 6.07 Å². The van der Waals surface area contributed by atoms with Crippen molar-refractivity contribution < 1.29 is 4.74 Å². The molecule has 1 saturated heterocycles. The standard InChI is InChI=1S/C12H13NO/c1-12(8-14-12)10-3-4-11-9(7-10)5-6-13(11)2/h3-7H,8H2,1-2H3. The normalized spacial score (nSPS) is 25.6. The lowest BCUT2D eigenvalue weighted by Crippen LogP contribution is -2.01. The molecule has 1 atom stereocenters.